The fourth-order valence-corrected chi connectivity index (χ4v) is 3.88. The summed E-state index contributed by atoms with van der Waals surface area (Å²) in [5.41, 5.74) is 3.30. The van der Waals surface area contributed by atoms with Gasteiger partial charge in [-0.05, 0) is 35.4 Å². The molecule has 0 radical (unpaired) electrons. The standard InChI is InChI=1S/C21H21ClN2O2S/c1-25-19-12-20(26-2)18(11-17(19)22)24-13-16-5-3-4-6-21(16)27-14-15-7-9-23-10-8-15/h3-12,24H,13-14H2,1-2H3. The van der Waals surface area contributed by atoms with Gasteiger partial charge in [-0.15, -0.1) is 11.8 Å². The second-order valence-electron chi connectivity index (χ2n) is 5.79. The van der Waals surface area contributed by atoms with Gasteiger partial charge in [-0.3, -0.25) is 4.98 Å². The van der Waals surface area contributed by atoms with Crippen LogP contribution in [-0.4, -0.2) is 19.2 Å². The first-order valence-corrected chi connectivity index (χ1v) is 9.82. The summed E-state index contributed by atoms with van der Waals surface area (Å²) in [6, 6.07) is 16.1. The molecule has 0 amide bonds. The molecular weight excluding hydrogens is 380 g/mol. The Morgan fingerprint density at radius 1 is 1.00 bits per heavy atom. The first-order chi connectivity index (χ1) is 13.2. The molecule has 140 valence electrons. The Kier molecular flexibility index (Phi) is 6.85. The Hall–Kier alpha value is -2.37. The quantitative estimate of drug-likeness (QED) is 0.494. The summed E-state index contributed by atoms with van der Waals surface area (Å²) >= 11 is 8.07. The molecule has 1 heterocycles. The Bertz CT molecular complexity index is 891. The lowest BCUT2D eigenvalue weighted by Crippen LogP contribution is -2.03. The first kappa shape index (κ1) is 19.4. The molecule has 0 spiro atoms. The molecule has 2 aromatic carbocycles. The molecule has 0 aliphatic carbocycles. The Balaban J connectivity index is 1.72. The third-order valence-corrected chi connectivity index (χ3v) is 5.54. The molecule has 0 bridgehead atoms. The van der Waals surface area contributed by atoms with Gasteiger partial charge in [0, 0.05) is 35.7 Å². The number of nitrogens with zero attached hydrogens (tertiary/aromatic N) is 1. The average Bonchev–Trinajstić information content (AvgIpc) is 2.72. The van der Waals surface area contributed by atoms with Gasteiger partial charge in [-0.25, -0.2) is 0 Å². The Morgan fingerprint density at radius 2 is 1.74 bits per heavy atom. The normalized spacial score (nSPS) is 10.5. The minimum absolute atomic E-state index is 0.543. The third-order valence-electron chi connectivity index (χ3n) is 4.06. The summed E-state index contributed by atoms with van der Waals surface area (Å²) in [4.78, 5) is 5.30. The van der Waals surface area contributed by atoms with E-state index in [1.165, 1.54) is 16.0 Å². The van der Waals surface area contributed by atoms with E-state index in [4.69, 9.17) is 21.1 Å². The van der Waals surface area contributed by atoms with Gasteiger partial charge in [0.1, 0.15) is 11.5 Å². The van der Waals surface area contributed by atoms with Crippen LogP contribution in [0.25, 0.3) is 0 Å². The number of halogens is 1. The molecule has 0 fully saturated rings. The predicted octanol–water partition coefficient (Wildman–Crippen LogP) is 5.66. The van der Waals surface area contributed by atoms with Crippen LogP contribution in [0.1, 0.15) is 11.1 Å². The van der Waals surface area contributed by atoms with E-state index in [9.17, 15) is 0 Å². The van der Waals surface area contributed by atoms with Gasteiger partial charge >= 0.3 is 0 Å². The van der Waals surface area contributed by atoms with E-state index in [0.717, 1.165) is 11.4 Å². The van der Waals surface area contributed by atoms with E-state index < -0.39 is 0 Å². The fraction of sp³-hybridized carbons (Fsp3) is 0.190. The van der Waals surface area contributed by atoms with E-state index in [-0.39, 0.29) is 0 Å². The predicted molar refractivity (Wildman–Crippen MR) is 112 cm³/mol. The van der Waals surface area contributed by atoms with Gasteiger partial charge < -0.3 is 14.8 Å². The lowest BCUT2D eigenvalue weighted by molar-refractivity contribution is 0.395. The van der Waals surface area contributed by atoms with E-state index >= 15 is 0 Å². The van der Waals surface area contributed by atoms with Crippen LogP contribution >= 0.6 is 23.4 Å². The van der Waals surface area contributed by atoms with Crippen LogP contribution in [-0.2, 0) is 12.3 Å². The maximum Gasteiger partial charge on any atom is 0.145 e. The number of pyridine rings is 1. The highest BCUT2D eigenvalue weighted by atomic mass is 35.5. The molecule has 3 rings (SSSR count). The van der Waals surface area contributed by atoms with Crippen molar-refractivity contribution >= 4 is 29.1 Å². The number of rotatable bonds is 8. The van der Waals surface area contributed by atoms with E-state index in [1.807, 2.05) is 48.4 Å². The summed E-state index contributed by atoms with van der Waals surface area (Å²) in [5.74, 6) is 2.18. The van der Waals surface area contributed by atoms with Crippen LogP contribution in [0.2, 0.25) is 5.02 Å². The molecule has 0 aliphatic heterocycles. The summed E-state index contributed by atoms with van der Waals surface area (Å²) in [7, 11) is 3.22. The first-order valence-electron chi connectivity index (χ1n) is 8.46. The smallest absolute Gasteiger partial charge is 0.145 e. The highest BCUT2D eigenvalue weighted by Gasteiger charge is 2.11. The van der Waals surface area contributed by atoms with Crippen molar-refractivity contribution in [3.8, 4) is 11.5 Å². The van der Waals surface area contributed by atoms with Crippen molar-refractivity contribution in [1.29, 1.82) is 0 Å². The minimum atomic E-state index is 0.543. The Morgan fingerprint density at radius 3 is 2.48 bits per heavy atom. The molecule has 3 aromatic rings. The topological polar surface area (TPSA) is 43.4 Å². The van der Waals surface area contributed by atoms with Crippen molar-refractivity contribution < 1.29 is 9.47 Å². The van der Waals surface area contributed by atoms with Crippen LogP contribution in [0.15, 0.2) is 65.8 Å². The summed E-state index contributed by atoms with van der Waals surface area (Å²) in [5, 5.41) is 3.97. The number of thioether (sulfide) groups is 1. The number of ether oxygens (including phenoxy) is 2. The van der Waals surface area contributed by atoms with Gasteiger partial charge in [0.05, 0.1) is 24.9 Å². The molecule has 0 atom stereocenters. The van der Waals surface area contributed by atoms with Crippen LogP contribution in [0.5, 0.6) is 11.5 Å². The number of methoxy groups -OCH3 is 2. The maximum absolute atomic E-state index is 6.26. The Labute approximate surface area is 168 Å². The number of hydrogen-bond acceptors (Lipinski definition) is 5. The molecule has 4 nitrogen and oxygen atoms in total. The third kappa shape index (κ3) is 5.08. The number of benzene rings is 2. The molecule has 6 heteroatoms. The molecule has 0 unspecified atom stereocenters. The zero-order chi connectivity index (χ0) is 19.1. The number of aromatic nitrogens is 1. The highest BCUT2D eigenvalue weighted by molar-refractivity contribution is 7.98. The molecule has 1 N–H and O–H groups in total. The summed E-state index contributed by atoms with van der Waals surface area (Å²) in [6.45, 7) is 0.665. The largest absolute Gasteiger partial charge is 0.495 e. The molecule has 0 aliphatic rings. The second kappa shape index (κ2) is 9.53. The maximum atomic E-state index is 6.26. The van der Waals surface area contributed by atoms with Crippen LogP contribution < -0.4 is 14.8 Å². The van der Waals surface area contributed by atoms with Crippen molar-refractivity contribution in [3.63, 3.8) is 0 Å². The molecule has 0 saturated heterocycles. The monoisotopic (exact) mass is 400 g/mol. The molecular formula is C21H21ClN2O2S. The van der Waals surface area contributed by atoms with Crippen LogP contribution in [0.4, 0.5) is 5.69 Å². The number of nitrogens with one attached hydrogen (secondary N) is 1. The van der Waals surface area contributed by atoms with Gasteiger partial charge in [-0.2, -0.15) is 0 Å². The van der Waals surface area contributed by atoms with Crippen molar-refractivity contribution in [2.75, 3.05) is 19.5 Å². The van der Waals surface area contributed by atoms with Gasteiger partial charge in [0.2, 0.25) is 0 Å². The van der Waals surface area contributed by atoms with E-state index in [1.54, 1.807) is 20.3 Å². The summed E-state index contributed by atoms with van der Waals surface area (Å²) in [6.07, 6.45) is 3.64. The molecule has 0 saturated carbocycles. The van der Waals surface area contributed by atoms with Crippen molar-refractivity contribution in [2.45, 2.75) is 17.2 Å². The number of hydrogen-bond donors (Lipinski definition) is 1. The van der Waals surface area contributed by atoms with Gasteiger partial charge in [0.15, 0.2) is 0 Å². The minimum Gasteiger partial charge on any atom is -0.495 e. The van der Waals surface area contributed by atoms with Crippen LogP contribution in [0, 0.1) is 0 Å². The molecule has 27 heavy (non-hydrogen) atoms. The lowest BCUT2D eigenvalue weighted by Gasteiger charge is -2.15. The lowest BCUT2D eigenvalue weighted by atomic mass is 10.2. The van der Waals surface area contributed by atoms with Crippen molar-refractivity contribution in [3.05, 3.63) is 77.1 Å². The zero-order valence-corrected chi connectivity index (χ0v) is 16.8. The zero-order valence-electron chi connectivity index (χ0n) is 15.2. The van der Waals surface area contributed by atoms with E-state index in [2.05, 4.69) is 28.5 Å². The van der Waals surface area contributed by atoms with Gasteiger partial charge in [-0.1, -0.05) is 29.8 Å². The average molecular weight is 401 g/mol. The van der Waals surface area contributed by atoms with Gasteiger partial charge in [0.25, 0.3) is 0 Å². The van der Waals surface area contributed by atoms with Crippen LogP contribution in [0.3, 0.4) is 0 Å². The summed E-state index contributed by atoms with van der Waals surface area (Å²) < 4.78 is 10.7. The number of anilines is 1. The molecule has 1 aromatic heterocycles. The SMILES string of the molecule is COc1cc(OC)c(NCc2ccccc2SCc2ccncc2)cc1Cl. The second-order valence-corrected chi connectivity index (χ2v) is 7.22. The highest BCUT2D eigenvalue weighted by Crippen LogP contribution is 2.36. The van der Waals surface area contributed by atoms with Crippen molar-refractivity contribution in [1.82, 2.24) is 4.98 Å². The van der Waals surface area contributed by atoms with Crippen molar-refractivity contribution in [2.24, 2.45) is 0 Å². The van der Waals surface area contributed by atoms with E-state index in [0.29, 0.717) is 23.1 Å². The fourth-order valence-electron chi connectivity index (χ4n) is 2.62.